The molecule has 1 heterocycles. The fourth-order valence-electron chi connectivity index (χ4n) is 2.84. The van der Waals surface area contributed by atoms with Gasteiger partial charge in [-0.1, -0.05) is 12.5 Å². The lowest BCUT2D eigenvalue weighted by Crippen LogP contribution is -2.52. The van der Waals surface area contributed by atoms with Crippen molar-refractivity contribution < 1.29 is 17.6 Å². The molecule has 0 atom stereocenters. The Kier molecular flexibility index (Phi) is 4.18. The second kappa shape index (κ2) is 5.96. The summed E-state index contributed by atoms with van der Waals surface area (Å²) in [5.41, 5.74) is 0. The van der Waals surface area contributed by atoms with Gasteiger partial charge in [0, 0.05) is 32.1 Å². The Bertz CT molecular complexity index is 665. The van der Waals surface area contributed by atoms with Crippen molar-refractivity contribution in [3.63, 3.8) is 0 Å². The highest BCUT2D eigenvalue weighted by atomic mass is 32.2. The van der Waals surface area contributed by atoms with Crippen LogP contribution in [0.3, 0.4) is 0 Å². The normalized spacial score (nSPS) is 20.7. The van der Waals surface area contributed by atoms with Crippen molar-refractivity contribution in [3.05, 3.63) is 30.1 Å². The maximum absolute atomic E-state index is 13.2. The van der Waals surface area contributed by atoms with Crippen LogP contribution in [0.4, 0.5) is 4.39 Å². The van der Waals surface area contributed by atoms with E-state index in [9.17, 15) is 17.6 Å². The Labute approximate surface area is 129 Å². The molecule has 1 saturated carbocycles. The fraction of sp³-hybridized carbons (Fsp3) is 0.533. The zero-order valence-corrected chi connectivity index (χ0v) is 13.1. The molecule has 0 radical (unpaired) electrons. The van der Waals surface area contributed by atoms with Crippen molar-refractivity contribution in [3.8, 4) is 0 Å². The maximum atomic E-state index is 13.2. The van der Waals surface area contributed by atoms with E-state index in [1.807, 2.05) is 0 Å². The minimum atomic E-state index is -3.69. The van der Waals surface area contributed by atoms with Crippen molar-refractivity contribution in [2.24, 2.45) is 5.92 Å². The van der Waals surface area contributed by atoms with E-state index in [0.717, 1.165) is 25.3 Å². The number of piperazine rings is 1. The summed E-state index contributed by atoms with van der Waals surface area (Å²) in [6.07, 6.45) is 2.99. The van der Waals surface area contributed by atoms with Crippen LogP contribution in [0.1, 0.15) is 19.3 Å². The molecule has 0 spiro atoms. The van der Waals surface area contributed by atoms with E-state index in [1.165, 1.54) is 22.5 Å². The summed E-state index contributed by atoms with van der Waals surface area (Å²) >= 11 is 0. The molecular formula is C15H19FN2O3S. The first-order valence-electron chi connectivity index (χ1n) is 7.53. The monoisotopic (exact) mass is 326 g/mol. The molecule has 0 aromatic heterocycles. The number of benzene rings is 1. The number of hydrogen-bond acceptors (Lipinski definition) is 3. The molecule has 0 N–H and O–H groups in total. The van der Waals surface area contributed by atoms with Gasteiger partial charge < -0.3 is 4.90 Å². The van der Waals surface area contributed by atoms with Crippen LogP contribution in [-0.2, 0) is 14.8 Å². The fourth-order valence-corrected chi connectivity index (χ4v) is 4.29. The van der Waals surface area contributed by atoms with Crippen LogP contribution in [0.2, 0.25) is 0 Å². The maximum Gasteiger partial charge on any atom is 0.243 e. The standard InChI is InChI=1S/C15H19FN2O3S/c16-13-5-2-6-14(11-13)22(20,21)18-9-7-17(8-10-18)15(19)12-3-1-4-12/h2,5-6,11-12H,1,3-4,7-10H2. The minimum Gasteiger partial charge on any atom is -0.340 e. The van der Waals surface area contributed by atoms with Gasteiger partial charge in [-0.05, 0) is 31.0 Å². The average molecular weight is 326 g/mol. The Balaban J connectivity index is 1.66. The highest BCUT2D eigenvalue weighted by Crippen LogP contribution is 2.29. The van der Waals surface area contributed by atoms with E-state index >= 15 is 0 Å². The van der Waals surface area contributed by atoms with Crippen LogP contribution in [-0.4, -0.2) is 49.7 Å². The summed E-state index contributed by atoms with van der Waals surface area (Å²) in [6.45, 7) is 1.34. The third-order valence-electron chi connectivity index (χ3n) is 4.44. The lowest BCUT2D eigenvalue weighted by atomic mass is 9.84. The molecule has 1 aromatic rings. The summed E-state index contributed by atoms with van der Waals surface area (Å²) in [5, 5.41) is 0. The predicted molar refractivity (Wildman–Crippen MR) is 79.1 cm³/mol. The van der Waals surface area contributed by atoms with Crippen molar-refractivity contribution in [1.82, 2.24) is 9.21 Å². The molecule has 22 heavy (non-hydrogen) atoms. The highest BCUT2D eigenvalue weighted by Gasteiger charge is 2.34. The molecule has 3 rings (SSSR count). The quantitative estimate of drug-likeness (QED) is 0.845. The zero-order chi connectivity index (χ0) is 15.7. The smallest absolute Gasteiger partial charge is 0.243 e. The van der Waals surface area contributed by atoms with Gasteiger partial charge in [-0.25, -0.2) is 12.8 Å². The highest BCUT2D eigenvalue weighted by molar-refractivity contribution is 7.89. The second-order valence-corrected chi connectivity index (χ2v) is 7.75. The zero-order valence-electron chi connectivity index (χ0n) is 12.2. The number of nitrogens with zero attached hydrogens (tertiary/aromatic N) is 2. The van der Waals surface area contributed by atoms with E-state index < -0.39 is 15.8 Å². The molecule has 2 fully saturated rings. The SMILES string of the molecule is O=C(C1CCC1)N1CCN(S(=O)(=O)c2cccc(F)c2)CC1. The van der Waals surface area contributed by atoms with Crippen LogP contribution in [0.5, 0.6) is 0 Å². The largest absolute Gasteiger partial charge is 0.340 e. The third kappa shape index (κ3) is 2.87. The van der Waals surface area contributed by atoms with Gasteiger partial charge in [-0.3, -0.25) is 4.79 Å². The average Bonchev–Trinajstić information content (AvgIpc) is 2.45. The molecule has 120 valence electrons. The molecule has 1 aliphatic heterocycles. The van der Waals surface area contributed by atoms with E-state index in [4.69, 9.17) is 0 Å². The first kappa shape index (κ1) is 15.4. The number of rotatable bonds is 3. The van der Waals surface area contributed by atoms with Crippen molar-refractivity contribution in [1.29, 1.82) is 0 Å². The minimum absolute atomic E-state index is 0.0359. The van der Waals surface area contributed by atoms with Crippen molar-refractivity contribution >= 4 is 15.9 Å². The molecule has 5 nitrogen and oxygen atoms in total. The van der Waals surface area contributed by atoms with E-state index in [1.54, 1.807) is 4.90 Å². The molecule has 2 aliphatic rings. The van der Waals surface area contributed by atoms with Gasteiger partial charge in [0.05, 0.1) is 4.90 Å². The molecule has 0 unspecified atom stereocenters. The molecule has 7 heteroatoms. The number of carbonyl (C=O) groups excluding carboxylic acids is 1. The number of sulfonamides is 1. The van der Waals surface area contributed by atoms with E-state index in [0.29, 0.717) is 13.1 Å². The Morgan fingerprint density at radius 3 is 2.36 bits per heavy atom. The molecule has 1 aliphatic carbocycles. The van der Waals surface area contributed by atoms with Crippen molar-refractivity contribution in [2.45, 2.75) is 24.2 Å². The van der Waals surface area contributed by atoms with Crippen LogP contribution in [0.25, 0.3) is 0 Å². The topological polar surface area (TPSA) is 57.7 Å². The summed E-state index contributed by atoms with van der Waals surface area (Å²) in [4.78, 5) is 13.9. The Morgan fingerprint density at radius 2 is 1.82 bits per heavy atom. The predicted octanol–water partition coefficient (Wildman–Crippen LogP) is 1.46. The van der Waals surface area contributed by atoms with Gasteiger partial charge in [-0.15, -0.1) is 0 Å². The second-order valence-electron chi connectivity index (χ2n) is 5.81. The Hall–Kier alpha value is -1.47. The molecular weight excluding hydrogens is 307 g/mol. The molecule has 1 saturated heterocycles. The van der Waals surface area contributed by atoms with Crippen LogP contribution >= 0.6 is 0 Å². The first-order valence-corrected chi connectivity index (χ1v) is 8.97. The lowest BCUT2D eigenvalue weighted by Gasteiger charge is -2.37. The first-order chi connectivity index (χ1) is 10.5. The van der Waals surface area contributed by atoms with Gasteiger partial charge in [-0.2, -0.15) is 4.31 Å². The van der Waals surface area contributed by atoms with E-state index in [2.05, 4.69) is 0 Å². The Morgan fingerprint density at radius 1 is 1.14 bits per heavy atom. The van der Waals surface area contributed by atoms with Crippen LogP contribution in [0, 0.1) is 11.7 Å². The summed E-state index contributed by atoms with van der Waals surface area (Å²) in [5.74, 6) is -0.291. The molecule has 0 bridgehead atoms. The van der Waals surface area contributed by atoms with Gasteiger partial charge in [0.25, 0.3) is 0 Å². The van der Waals surface area contributed by atoms with Crippen LogP contribution in [0.15, 0.2) is 29.2 Å². The molecule has 1 amide bonds. The number of carbonyl (C=O) groups is 1. The third-order valence-corrected chi connectivity index (χ3v) is 6.33. The number of hydrogen-bond donors (Lipinski definition) is 0. The van der Waals surface area contributed by atoms with Gasteiger partial charge in [0.2, 0.25) is 15.9 Å². The number of halogens is 1. The van der Waals surface area contributed by atoms with Gasteiger partial charge in [0.1, 0.15) is 5.82 Å². The van der Waals surface area contributed by atoms with Crippen LogP contribution < -0.4 is 0 Å². The summed E-state index contributed by atoms with van der Waals surface area (Å²) in [6, 6.07) is 5.03. The summed E-state index contributed by atoms with van der Waals surface area (Å²) < 4.78 is 39.5. The van der Waals surface area contributed by atoms with Gasteiger partial charge >= 0.3 is 0 Å². The van der Waals surface area contributed by atoms with Crippen molar-refractivity contribution in [2.75, 3.05) is 26.2 Å². The summed E-state index contributed by atoms with van der Waals surface area (Å²) in [7, 11) is -3.69. The lowest BCUT2D eigenvalue weighted by molar-refractivity contribution is -0.139. The van der Waals surface area contributed by atoms with E-state index in [-0.39, 0.29) is 29.8 Å². The number of amides is 1. The van der Waals surface area contributed by atoms with Gasteiger partial charge in [0.15, 0.2) is 0 Å². The molecule has 1 aromatic carbocycles.